The summed E-state index contributed by atoms with van der Waals surface area (Å²) in [5.41, 5.74) is 0.889. The van der Waals surface area contributed by atoms with E-state index >= 15 is 0 Å². The number of hydrogen-bond acceptors (Lipinski definition) is 3. The molecule has 1 saturated carbocycles. The van der Waals surface area contributed by atoms with E-state index in [0.29, 0.717) is 6.10 Å². The second-order valence-electron chi connectivity index (χ2n) is 4.75. The summed E-state index contributed by atoms with van der Waals surface area (Å²) in [5, 5.41) is 8.64. The Kier molecular flexibility index (Phi) is 5.26. The molecular formula is C16H20O3. The van der Waals surface area contributed by atoms with E-state index < -0.39 is 0 Å². The lowest BCUT2D eigenvalue weighted by Crippen LogP contribution is -2.29. The molecule has 0 bridgehead atoms. The lowest BCUT2D eigenvalue weighted by Gasteiger charge is -2.28. The van der Waals surface area contributed by atoms with Gasteiger partial charge in [0.2, 0.25) is 0 Å². The van der Waals surface area contributed by atoms with Crippen LogP contribution < -0.4 is 4.74 Å². The zero-order valence-electron chi connectivity index (χ0n) is 11.3. The van der Waals surface area contributed by atoms with Gasteiger partial charge in [-0.2, -0.15) is 0 Å². The third-order valence-corrected chi connectivity index (χ3v) is 3.38. The minimum absolute atomic E-state index is 0.112. The van der Waals surface area contributed by atoms with Crippen LogP contribution in [-0.4, -0.2) is 31.0 Å². The van der Waals surface area contributed by atoms with Gasteiger partial charge in [0.1, 0.15) is 18.5 Å². The van der Waals surface area contributed by atoms with Crippen LogP contribution in [0.1, 0.15) is 31.2 Å². The maximum absolute atomic E-state index is 8.64. The summed E-state index contributed by atoms with van der Waals surface area (Å²) < 4.78 is 11.4. The Hall–Kier alpha value is -1.50. The molecule has 0 heterocycles. The van der Waals surface area contributed by atoms with Crippen LogP contribution in [0.5, 0.6) is 5.75 Å². The fourth-order valence-electron chi connectivity index (χ4n) is 2.37. The summed E-state index contributed by atoms with van der Waals surface area (Å²) in [6, 6.07) is 7.68. The van der Waals surface area contributed by atoms with Crippen LogP contribution in [0.3, 0.4) is 0 Å². The molecule has 0 amide bonds. The first kappa shape index (κ1) is 13.9. The summed E-state index contributed by atoms with van der Waals surface area (Å²) in [5.74, 6) is 6.36. The molecule has 102 valence electrons. The average Bonchev–Trinajstić information content (AvgIpc) is 2.47. The van der Waals surface area contributed by atoms with E-state index in [2.05, 4.69) is 11.8 Å². The average molecular weight is 260 g/mol. The van der Waals surface area contributed by atoms with Gasteiger partial charge in [-0.05, 0) is 43.5 Å². The summed E-state index contributed by atoms with van der Waals surface area (Å²) in [7, 11) is 1.77. The molecule has 0 aromatic heterocycles. The molecule has 1 aliphatic carbocycles. The monoisotopic (exact) mass is 260 g/mol. The number of methoxy groups -OCH3 is 1. The molecule has 3 nitrogen and oxygen atoms in total. The van der Waals surface area contributed by atoms with Gasteiger partial charge in [-0.25, -0.2) is 0 Å². The number of aliphatic hydroxyl groups excluding tert-OH is 1. The van der Waals surface area contributed by atoms with Crippen molar-refractivity contribution in [3.05, 3.63) is 29.8 Å². The molecule has 1 N–H and O–H groups in total. The van der Waals surface area contributed by atoms with Crippen molar-refractivity contribution in [3.63, 3.8) is 0 Å². The molecular weight excluding hydrogens is 240 g/mol. The van der Waals surface area contributed by atoms with Crippen LogP contribution in [0.2, 0.25) is 0 Å². The lowest BCUT2D eigenvalue weighted by molar-refractivity contribution is 0.0210. The Morgan fingerprint density at radius 2 is 1.95 bits per heavy atom. The summed E-state index contributed by atoms with van der Waals surface area (Å²) in [6.07, 6.45) is 4.91. The molecule has 1 fully saturated rings. The van der Waals surface area contributed by atoms with Crippen molar-refractivity contribution in [2.45, 2.75) is 37.9 Å². The molecule has 2 atom stereocenters. The van der Waals surface area contributed by atoms with Crippen LogP contribution in [0.25, 0.3) is 0 Å². The second kappa shape index (κ2) is 7.18. The van der Waals surface area contributed by atoms with Crippen LogP contribution in [0.15, 0.2) is 24.3 Å². The number of rotatable bonds is 3. The Morgan fingerprint density at radius 1 is 1.21 bits per heavy atom. The van der Waals surface area contributed by atoms with Crippen LogP contribution in [0.4, 0.5) is 0 Å². The highest BCUT2D eigenvalue weighted by Crippen LogP contribution is 2.25. The SMILES string of the molecule is COC1CCCC(Oc2ccc(C#CCO)cc2)C1. The van der Waals surface area contributed by atoms with Gasteiger partial charge in [0.15, 0.2) is 0 Å². The van der Waals surface area contributed by atoms with Crippen molar-refractivity contribution < 1.29 is 14.6 Å². The van der Waals surface area contributed by atoms with Gasteiger partial charge < -0.3 is 14.6 Å². The van der Waals surface area contributed by atoms with Crippen LogP contribution >= 0.6 is 0 Å². The van der Waals surface area contributed by atoms with Gasteiger partial charge in [0, 0.05) is 19.1 Å². The van der Waals surface area contributed by atoms with E-state index in [1.165, 1.54) is 0 Å². The highest BCUT2D eigenvalue weighted by molar-refractivity contribution is 5.38. The van der Waals surface area contributed by atoms with Gasteiger partial charge in [-0.1, -0.05) is 11.8 Å². The third-order valence-electron chi connectivity index (χ3n) is 3.38. The molecule has 1 aromatic rings. The summed E-state index contributed by atoms with van der Waals surface area (Å²) in [6.45, 7) is -0.112. The van der Waals surface area contributed by atoms with Crippen molar-refractivity contribution in [1.29, 1.82) is 0 Å². The highest BCUT2D eigenvalue weighted by Gasteiger charge is 2.22. The van der Waals surface area contributed by atoms with Crippen LogP contribution in [-0.2, 0) is 4.74 Å². The van der Waals surface area contributed by atoms with Gasteiger partial charge in [-0.3, -0.25) is 0 Å². The van der Waals surface area contributed by atoms with Gasteiger partial charge in [0.05, 0.1) is 6.10 Å². The predicted molar refractivity (Wildman–Crippen MR) is 74.1 cm³/mol. The van der Waals surface area contributed by atoms with E-state index in [1.54, 1.807) is 7.11 Å². The zero-order valence-corrected chi connectivity index (χ0v) is 11.3. The maximum atomic E-state index is 8.64. The quantitative estimate of drug-likeness (QED) is 0.848. The largest absolute Gasteiger partial charge is 0.490 e. The first-order valence-corrected chi connectivity index (χ1v) is 6.71. The Morgan fingerprint density at radius 3 is 2.63 bits per heavy atom. The van der Waals surface area contributed by atoms with Gasteiger partial charge in [-0.15, -0.1) is 0 Å². The zero-order chi connectivity index (χ0) is 13.5. The third kappa shape index (κ3) is 4.27. The lowest BCUT2D eigenvalue weighted by atomic mass is 9.95. The van der Waals surface area contributed by atoms with E-state index in [-0.39, 0.29) is 12.7 Å². The summed E-state index contributed by atoms with van der Waals surface area (Å²) in [4.78, 5) is 0. The van der Waals surface area contributed by atoms with Crippen LogP contribution in [0, 0.1) is 11.8 Å². The van der Waals surface area contributed by atoms with Gasteiger partial charge >= 0.3 is 0 Å². The van der Waals surface area contributed by atoms with Crippen molar-refractivity contribution in [1.82, 2.24) is 0 Å². The molecule has 0 radical (unpaired) electrons. The highest BCUT2D eigenvalue weighted by atomic mass is 16.5. The van der Waals surface area contributed by atoms with Crippen molar-refractivity contribution in [3.8, 4) is 17.6 Å². The fraction of sp³-hybridized carbons (Fsp3) is 0.500. The molecule has 19 heavy (non-hydrogen) atoms. The Balaban J connectivity index is 1.92. The Bertz CT molecular complexity index is 441. The van der Waals surface area contributed by atoms with E-state index in [4.69, 9.17) is 14.6 Å². The van der Waals surface area contributed by atoms with E-state index in [0.717, 1.165) is 37.0 Å². The van der Waals surface area contributed by atoms with Gasteiger partial charge in [0.25, 0.3) is 0 Å². The normalized spacial score (nSPS) is 22.4. The number of benzene rings is 1. The molecule has 2 rings (SSSR count). The first-order chi connectivity index (χ1) is 9.31. The fourth-order valence-corrected chi connectivity index (χ4v) is 2.37. The molecule has 1 aliphatic rings. The minimum Gasteiger partial charge on any atom is -0.490 e. The number of aliphatic hydroxyl groups is 1. The molecule has 0 saturated heterocycles. The molecule has 0 spiro atoms. The van der Waals surface area contributed by atoms with Crippen molar-refractivity contribution >= 4 is 0 Å². The standard InChI is InChI=1S/C16H20O3/c1-18-15-5-2-6-16(12-15)19-14-9-7-13(8-10-14)4-3-11-17/h7-10,15-17H,2,5-6,11-12H2,1H3. The first-order valence-electron chi connectivity index (χ1n) is 6.71. The molecule has 0 aliphatic heterocycles. The summed E-state index contributed by atoms with van der Waals surface area (Å²) >= 11 is 0. The van der Waals surface area contributed by atoms with E-state index in [9.17, 15) is 0 Å². The number of hydrogen-bond donors (Lipinski definition) is 1. The predicted octanol–water partition coefficient (Wildman–Crippen LogP) is 2.37. The molecule has 3 heteroatoms. The maximum Gasteiger partial charge on any atom is 0.119 e. The number of ether oxygens (including phenoxy) is 2. The van der Waals surface area contributed by atoms with Crippen molar-refractivity contribution in [2.75, 3.05) is 13.7 Å². The van der Waals surface area contributed by atoms with Crippen molar-refractivity contribution in [2.24, 2.45) is 0 Å². The molecule has 1 aromatic carbocycles. The topological polar surface area (TPSA) is 38.7 Å². The van der Waals surface area contributed by atoms with E-state index in [1.807, 2.05) is 24.3 Å². The second-order valence-corrected chi connectivity index (χ2v) is 4.75. The smallest absolute Gasteiger partial charge is 0.119 e. The Labute approximate surface area is 114 Å². The minimum atomic E-state index is -0.112. The molecule has 2 unspecified atom stereocenters.